The van der Waals surface area contributed by atoms with E-state index in [1.165, 1.54) is 25.1 Å². The quantitative estimate of drug-likeness (QED) is 0.296. The average Bonchev–Trinajstić information content (AvgIpc) is 3.00. The van der Waals surface area contributed by atoms with Crippen molar-refractivity contribution in [1.82, 2.24) is 0 Å². The van der Waals surface area contributed by atoms with Gasteiger partial charge in [-0.3, -0.25) is 0 Å². The Morgan fingerprint density at radius 2 is 1.36 bits per heavy atom. The van der Waals surface area contributed by atoms with Gasteiger partial charge in [0, 0.05) is 33.4 Å². The van der Waals surface area contributed by atoms with E-state index >= 15 is 0 Å². The highest BCUT2D eigenvalue weighted by Crippen LogP contribution is 2.48. The lowest BCUT2D eigenvalue weighted by atomic mass is 10.2. The van der Waals surface area contributed by atoms with Gasteiger partial charge in [-0.05, 0) is 57.2 Å². The van der Waals surface area contributed by atoms with Gasteiger partial charge < -0.3 is 9.47 Å². The van der Waals surface area contributed by atoms with Gasteiger partial charge in [-0.1, -0.05) is 24.3 Å². The molecule has 0 amide bonds. The highest BCUT2D eigenvalue weighted by Gasteiger charge is 2.23. The highest BCUT2D eigenvalue weighted by molar-refractivity contribution is 7.50. The van der Waals surface area contributed by atoms with Gasteiger partial charge in [-0.2, -0.15) is 0 Å². The monoisotopic (exact) mass is 391 g/mol. The van der Waals surface area contributed by atoms with Crippen LogP contribution in [0.15, 0.2) is 72.8 Å². The third kappa shape index (κ3) is 3.73. The normalized spacial score (nSPS) is 11.7. The number of carbonyl (C=O) groups excluding carboxylic acids is 1. The first-order chi connectivity index (χ1) is 13.4. The van der Waals surface area contributed by atoms with Crippen molar-refractivity contribution in [2.24, 2.45) is 0 Å². The second kappa shape index (κ2) is 7.28. The van der Waals surface area contributed by atoms with Gasteiger partial charge in [-0.25, -0.2) is 4.79 Å². The third-order valence-electron chi connectivity index (χ3n) is 4.34. The second-order valence-corrected chi connectivity index (χ2v) is 9.61. The van der Waals surface area contributed by atoms with Crippen molar-refractivity contribution < 1.29 is 14.3 Å². The molecule has 4 aromatic rings. The second-order valence-electron chi connectivity index (χ2n) is 7.65. The summed E-state index contributed by atoms with van der Waals surface area (Å²) in [6, 6.07) is 25.2. The first kappa shape index (κ1) is 18.5. The topological polar surface area (TPSA) is 35.5 Å². The first-order valence-electron chi connectivity index (χ1n) is 9.30. The molecule has 0 aliphatic heterocycles. The van der Waals surface area contributed by atoms with E-state index in [0.717, 1.165) is 0 Å². The molecule has 0 spiro atoms. The summed E-state index contributed by atoms with van der Waals surface area (Å²) in [5, 5.41) is 2.62. The Labute approximate surface area is 167 Å². The Morgan fingerprint density at radius 1 is 0.821 bits per heavy atom. The van der Waals surface area contributed by atoms with E-state index in [2.05, 4.69) is 60.7 Å². The van der Waals surface area contributed by atoms with Gasteiger partial charge in [0.2, 0.25) is 0 Å². The van der Waals surface area contributed by atoms with Crippen molar-refractivity contribution in [2.75, 3.05) is 6.61 Å². The molecule has 1 aromatic heterocycles. The summed E-state index contributed by atoms with van der Waals surface area (Å²) < 4.78 is 13.6. The molecule has 0 saturated carbocycles. The molecule has 0 aliphatic carbocycles. The summed E-state index contributed by atoms with van der Waals surface area (Å²) in [6.45, 7) is 5.45. The van der Waals surface area contributed by atoms with Crippen LogP contribution in [-0.2, 0) is 9.53 Å². The first-order valence-corrected chi connectivity index (χ1v) is 10.5. The Kier molecular flexibility index (Phi) is 4.82. The van der Waals surface area contributed by atoms with Crippen LogP contribution < -0.4 is 4.74 Å². The predicted octanol–water partition coefficient (Wildman–Crippen LogP) is 6.45. The molecule has 0 aliphatic rings. The number of hydrogen-bond acceptors (Lipinski definition) is 3. The Hall–Kier alpha value is -2.85. The minimum Gasteiger partial charge on any atom is -0.482 e. The van der Waals surface area contributed by atoms with Crippen LogP contribution in [0.3, 0.4) is 0 Å². The number of ether oxygens (including phenoxy) is 2. The van der Waals surface area contributed by atoms with E-state index < -0.39 is 5.60 Å². The molecule has 0 radical (unpaired) electrons. The maximum absolute atomic E-state index is 11.8. The summed E-state index contributed by atoms with van der Waals surface area (Å²) >= 11 is 0. The fraction of sp³-hybridized carbons (Fsp3) is 0.208. The fourth-order valence-electron chi connectivity index (χ4n) is 3.29. The Morgan fingerprint density at radius 3 is 1.89 bits per heavy atom. The molecule has 0 saturated heterocycles. The lowest BCUT2D eigenvalue weighted by Gasteiger charge is -2.19. The van der Waals surface area contributed by atoms with E-state index in [-0.39, 0.29) is 23.0 Å². The van der Waals surface area contributed by atoms with E-state index in [9.17, 15) is 4.79 Å². The minimum absolute atomic E-state index is 0.0893. The number of benzene rings is 3. The minimum atomic E-state index is -0.505. The van der Waals surface area contributed by atoms with Gasteiger partial charge in [-0.15, -0.1) is 0 Å². The fourth-order valence-corrected chi connectivity index (χ4v) is 5.67. The van der Waals surface area contributed by atoms with Gasteiger partial charge >= 0.3 is 5.97 Å². The van der Waals surface area contributed by atoms with Crippen molar-refractivity contribution in [2.45, 2.75) is 26.4 Å². The number of fused-ring (bicyclic) bond motifs is 3. The Balaban J connectivity index is 1.62. The smallest absolute Gasteiger partial charge is 0.344 e. The zero-order valence-electron chi connectivity index (χ0n) is 16.3. The van der Waals surface area contributed by atoms with Gasteiger partial charge in [0.1, 0.15) is 11.4 Å². The van der Waals surface area contributed by atoms with Crippen LogP contribution >= 0.6 is 10.5 Å². The van der Waals surface area contributed by atoms with Crippen molar-refractivity contribution in [1.29, 1.82) is 0 Å². The zero-order chi connectivity index (χ0) is 19.7. The number of esters is 1. The SMILES string of the molecule is CC(C)(C)OC(=O)COc1ccc(-[s+]2c3ccccc3c3ccccc32)cc1. The molecule has 3 aromatic carbocycles. The highest BCUT2D eigenvalue weighted by atomic mass is 32.2. The molecule has 4 heteroatoms. The number of hydrogen-bond donors (Lipinski definition) is 0. The van der Waals surface area contributed by atoms with Crippen LogP contribution in [0.4, 0.5) is 0 Å². The number of rotatable bonds is 4. The van der Waals surface area contributed by atoms with Crippen LogP contribution in [0.2, 0.25) is 0 Å². The van der Waals surface area contributed by atoms with Gasteiger partial charge in [0.25, 0.3) is 0 Å². The molecule has 3 nitrogen and oxygen atoms in total. The molecule has 0 fully saturated rings. The molecule has 0 bridgehead atoms. The molecule has 0 atom stereocenters. The van der Waals surface area contributed by atoms with Crippen LogP contribution in [0.1, 0.15) is 20.8 Å². The molecule has 0 unspecified atom stereocenters. The number of thiophene rings is 1. The van der Waals surface area contributed by atoms with Crippen LogP contribution in [0.5, 0.6) is 5.75 Å². The molecule has 4 rings (SSSR count). The van der Waals surface area contributed by atoms with Crippen LogP contribution in [0, 0.1) is 0 Å². The van der Waals surface area contributed by atoms with Crippen molar-refractivity contribution >= 4 is 36.6 Å². The van der Waals surface area contributed by atoms with Crippen molar-refractivity contribution in [3.63, 3.8) is 0 Å². The maximum Gasteiger partial charge on any atom is 0.344 e. The van der Waals surface area contributed by atoms with E-state index in [1.54, 1.807) is 0 Å². The van der Waals surface area contributed by atoms with Gasteiger partial charge in [0.15, 0.2) is 20.9 Å². The lowest BCUT2D eigenvalue weighted by molar-refractivity contribution is -0.157. The van der Waals surface area contributed by atoms with Crippen LogP contribution in [0.25, 0.3) is 25.1 Å². The van der Waals surface area contributed by atoms with E-state index in [0.29, 0.717) is 5.75 Å². The van der Waals surface area contributed by atoms with Crippen molar-refractivity contribution in [3.8, 4) is 10.6 Å². The van der Waals surface area contributed by atoms with Gasteiger partial charge in [0.05, 0.1) is 0 Å². The summed E-state index contributed by atoms with van der Waals surface area (Å²) in [4.78, 5) is 13.1. The Bertz CT molecular complexity index is 1080. The molecular weight excluding hydrogens is 368 g/mol. The predicted molar refractivity (Wildman–Crippen MR) is 117 cm³/mol. The maximum atomic E-state index is 11.8. The summed E-state index contributed by atoms with van der Waals surface area (Å²) in [5.74, 6) is 0.302. The van der Waals surface area contributed by atoms with E-state index in [4.69, 9.17) is 9.47 Å². The van der Waals surface area contributed by atoms with Crippen LogP contribution in [-0.4, -0.2) is 18.2 Å². The number of carbonyl (C=O) groups is 1. The average molecular weight is 392 g/mol. The zero-order valence-corrected chi connectivity index (χ0v) is 17.1. The summed E-state index contributed by atoms with van der Waals surface area (Å²) in [7, 11) is -0.122. The summed E-state index contributed by atoms with van der Waals surface area (Å²) in [6.07, 6.45) is 0. The third-order valence-corrected chi connectivity index (χ3v) is 6.68. The van der Waals surface area contributed by atoms with Crippen molar-refractivity contribution in [3.05, 3.63) is 72.8 Å². The van der Waals surface area contributed by atoms with E-state index in [1.807, 2.05) is 32.9 Å². The molecule has 28 heavy (non-hydrogen) atoms. The largest absolute Gasteiger partial charge is 0.482 e. The summed E-state index contributed by atoms with van der Waals surface area (Å²) in [5.41, 5.74) is -0.505. The lowest BCUT2D eigenvalue weighted by Crippen LogP contribution is -2.27. The standard InChI is InChI=1S/C24H23O3S/c1-24(2,3)27-23(25)16-26-17-12-14-18(15-13-17)28-21-10-6-4-8-19(21)20-9-5-7-11-22(20)28/h4-15H,16H2,1-3H3/q+1. The molecule has 1 heterocycles. The molecule has 142 valence electrons. The molecule has 0 N–H and O–H groups in total. The molecular formula is C24H23O3S+.